The lowest BCUT2D eigenvalue weighted by atomic mass is 9.57. The lowest BCUT2D eigenvalue weighted by Gasteiger charge is -2.46. The number of rotatable bonds is 2. The van der Waals surface area contributed by atoms with Crippen LogP contribution in [0.2, 0.25) is 0 Å². The minimum atomic E-state index is 0.424. The summed E-state index contributed by atoms with van der Waals surface area (Å²) in [6.07, 6.45) is 6.46. The van der Waals surface area contributed by atoms with Crippen LogP contribution in [-0.2, 0) is 0 Å². The second-order valence-electron chi connectivity index (χ2n) is 13.2. The van der Waals surface area contributed by atoms with E-state index in [1.165, 1.54) is 72.8 Å². The predicted molar refractivity (Wildman–Crippen MR) is 171 cm³/mol. The van der Waals surface area contributed by atoms with Gasteiger partial charge in [-0.05, 0) is 121 Å². The van der Waals surface area contributed by atoms with Gasteiger partial charge in [0.1, 0.15) is 0 Å². The number of allylic oxidation sites excluding steroid dienone is 4. The van der Waals surface area contributed by atoms with Gasteiger partial charge in [0.2, 0.25) is 0 Å². The zero-order chi connectivity index (χ0) is 27.0. The molecule has 10 rings (SSSR count). The summed E-state index contributed by atoms with van der Waals surface area (Å²) in [4.78, 5) is 0. The molecule has 0 saturated heterocycles. The van der Waals surface area contributed by atoms with Crippen LogP contribution < -0.4 is 0 Å². The molecule has 1 fully saturated rings. The summed E-state index contributed by atoms with van der Waals surface area (Å²) in [5, 5.41) is 3.01. The summed E-state index contributed by atoms with van der Waals surface area (Å²) in [7, 11) is 0. The maximum atomic E-state index is 2.57. The molecule has 5 aromatic rings. The number of aryl methyl sites for hydroxylation is 2. The van der Waals surface area contributed by atoms with Crippen LogP contribution in [0.3, 0.4) is 0 Å². The third kappa shape index (κ3) is 2.68. The summed E-state index contributed by atoms with van der Waals surface area (Å²) >= 11 is 0. The van der Waals surface area contributed by atoms with Crippen molar-refractivity contribution >= 4 is 21.9 Å². The van der Waals surface area contributed by atoms with E-state index in [0.29, 0.717) is 35.5 Å². The Morgan fingerprint density at radius 3 is 1.34 bits per heavy atom. The van der Waals surface area contributed by atoms with Gasteiger partial charge in [0.15, 0.2) is 0 Å². The minimum Gasteiger partial charge on any atom is -0.0848 e. The molecular formula is C41H32. The summed E-state index contributed by atoms with van der Waals surface area (Å²) in [5.41, 5.74) is 17.8. The van der Waals surface area contributed by atoms with Crippen molar-refractivity contribution in [2.75, 3.05) is 0 Å². The molecule has 0 heterocycles. The van der Waals surface area contributed by atoms with E-state index in [2.05, 4.69) is 123 Å². The lowest BCUT2D eigenvalue weighted by Crippen LogP contribution is -2.35. The van der Waals surface area contributed by atoms with Crippen molar-refractivity contribution in [1.29, 1.82) is 0 Å². The quantitative estimate of drug-likeness (QED) is 0.198. The Hall–Kier alpha value is -4.16. The molecule has 2 bridgehead atoms. The normalized spacial score (nSPS) is 27.5. The molecule has 0 N–H and O–H groups in total. The fourth-order valence-electron chi connectivity index (χ4n) is 10.1. The van der Waals surface area contributed by atoms with Crippen LogP contribution in [0.4, 0.5) is 0 Å². The van der Waals surface area contributed by atoms with E-state index in [1.54, 1.807) is 11.1 Å². The van der Waals surface area contributed by atoms with Crippen molar-refractivity contribution in [1.82, 2.24) is 0 Å². The molecule has 5 aliphatic rings. The fraction of sp³-hybridized carbons (Fsp3) is 0.220. The van der Waals surface area contributed by atoms with Crippen LogP contribution in [0.15, 0.2) is 109 Å². The average Bonchev–Trinajstić information content (AvgIpc) is 3.78. The molecule has 5 aliphatic carbocycles. The van der Waals surface area contributed by atoms with Gasteiger partial charge in [-0.2, -0.15) is 0 Å². The Balaban J connectivity index is 1.32. The van der Waals surface area contributed by atoms with Crippen molar-refractivity contribution in [3.63, 3.8) is 0 Å². The number of fused-ring (bicyclic) bond motifs is 10. The van der Waals surface area contributed by atoms with E-state index in [0.717, 1.165) is 0 Å². The molecule has 0 aliphatic heterocycles. The highest BCUT2D eigenvalue weighted by Crippen LogP contribution is 2.70. The predicted octanol–water partition coefficient (Wildman–Crippen LogP) is 10.3. The van der Waals surface area contributed by atoms with Gasteiger partial charge in [0.05, 0.1) is 0 Å². The summed E-state index contributed by atoms with van der Waals surface area (Å²) in [6.45, 7) is 4.57. The molecule has 0 radical (unpaired) electrons. The number of hydrogen-bond donors (Lipinski definition) is 0. The lowest BCUT2D eigenvalue weighted by molar-refractivity contribution is 0.260. The molecule has 0 unspecified atom stereocenters. The average molecular weight is 525 g/mol. The van der Waals surface area contributed by atoms with Gasteiger partial charge in [-0.15, -0.1) is 0 Å². The first-order chi connectivity index (χ1) is 20.2. The number of benzene rings is 5. The first kappa shape index (κ1) is 22.5. The van der Waals surface area contributed by atoms with Crippen LogP contribution in [0.5, 0.6) is 0 Å². The first-order valence-electron chi connectivity index (χ1n) is 15.4. The molecule has 41 heavy (non-hydrogen) atoms. The number of hydrogen-bond acceptors (Lipinski definition) is 0. The Morgan fingerprint density at radius 2 is 0.878 bits per heavy atom. The monoisotopic (exact) mass is 524 g/mol. The topological polar surface area (TPSA) is 0 Å². The van der Waals surface area contributed by atoms with Crippen molar-refractivity contribution < 1.29 is 0 Å². The largest absolute Gasteiger partial charge is 0.0848 e. The fourth-order valence-corrected chi connectivity index (χ4v) is 10.1. The molecule has 0 amide bonds. The molecule has 0 spiro atoms. The highest BCUT2D eigenvalue weighted by Gasteiger charge is 2.57. The molecule has 0 heteroatoms. The summed E-state index contributed by atoms with van der Waals surface area (Å²) < 4.78 is 0. The summed E-state index contributed by atoms with van der Waals surface area (Å²) in [6, 6.07) is 37.6. The van der Waals surface area contributed by atoms with E-state index >= 15 is 0 Å². The van der Waals surface area contributed by atoms with Gasteiger partial charge >= 0.3 is 0 Å². The highest BCUT2D eigenvalue weighted by molar-refractivity contribution is 6.26. The van der Waals surface area contributed by atoms with Gasteiger partial charge < -0.3 is 0 Å². The Morgan fingerprint density at radius 1 is 0.463 bits per heavy atom. The van der Waals surface area contributed by atoms with Crippen LogP contribution in [0.25, 0.3) is 44.2 Å². The molecule has 6 atom stereocenters. The van der Waals surface area contributed by atoms with Crippen LogP contribution in [0, 0.1) is 37.5 Å². The Kier molecular flexibility index (Phi) is 4.27. The Bertz CT molecular complexity index is 1870. The third-order valence-corrected chi connectivity index (χ3v) is 11.5. The Labute approximate surface area is 242 Å². The summed E-state index contributed by atoms with van der Waals surface area (Å²) in [5.74, 6) is 3.43. The third-order valence-electron chi connectivity index (χ3n) is 11.5. The van der Waals surface area contributed by atoms with Crippen molar-refractivity contribution in [2.45, 2.75) is 32.1 Å². The zero-order valence-electron chi connectivity index (χ0n) is 23.6. The smallest absolute Gasteiger partial charge is 0.0136 e. The first-order valence-corrected chi connectivity index (χ1v) is 15.4. The molecule has 1 saturated carbocycles. The maximum absolute atomic E-state index is 2.57. The molecule has 0 nitrogen and oxygen atoms in total. The molecular weight excluding hydrogens is 492 g/mol. The standard InChI is InChI=1S/C41H32/c1-22-13-14-23(2)33-29-18-20-31-39-30(19-17-28(32(22)33)38(29)39)40-34(24-9-5-3-6-10-24)36-26-15-16-27(21-26)37(36)35(41(31)40)25-11-7-4-8-12-25/h3-20,26-27,34-37H,21H2,1-2H3/t26-,27+,34-,35+,36-,37+. The van der Waals surface area contributed by atoms with Crippen molar-refractivity contribution in [3.8, 4) is 22.3 Å². The maximum Gasteiger partial charge on any atom is 0.0136 e. The molecule has 0 aromatic heterocycles. The van der Waals surface area contributed by atoms with Crippen molar-refractivity contribution in [3.05, 3.63) is 143 Å². The second kappa shape index (κ2) is 7.77. The van der Waals surface area contributed by atoms with Crippen molar-refractivity contribution in [2.24, 2.45) is 23.7 Å². The zero-order valence-corrected chi connectivity index (χ0v) is 23.6. The van der Waals surface area contributed by atoms with E-state index in [4.69, 9.17) is 0 Å². The van der Waals surface area contributed by atoms with Gasteiger partial charge in [-0.3, -0.25) is 0 Å². The van der Waals surface area contributed by atoms with E-state index in [9.17, 15) is 0 Å². The van der Waals surface area contributed by atoms with E-state index < -0.39 is 0 Å². The highest BCUT2D eigenvalue weighted by atomic mass is 14.6. The van der Waals surface area contributed by atoms with E-state index in [1.807, 2.05) is 0 Å². The van der Waals surface area contributed by atoms with Gasteiger partial charge in [0.25, 0.3) is 0 Å². The molecule has 196 valence electrons. The second-order valence-corrected chi connectivity index (χ2v) is 13.2. The van der Waals surface area contributed by atoms with E-state index in [-0.39, 0.29) is 0 Å². The van der Waals surface area contributed by atoms with Crippen LogP contribution in [0.1, 0.15) is 51.6 Å². The van der Waals surface area contributed by atoms with Gasteiger partial charge in [0, 0.05) is 11.8 Å². The minimum absolute atomic E-state index is 0.424. The SMILES string of the molecule is Cc1ccc(C)c2c1-c1ccc3c4c(ccc-2c14)C1=C3[C@H](c2ccccc2)[C@@H]2[C@@H]([C@H]3C=C[C@@H]2C3)[C@@H]1c1ccccc1. The molecule has 5 aromatic carbocycles. The van der Waals surface area contributed by atoms with Gasteiger partial charge in [-0.1, -0.05) is 109 Å². The van der Waals surface area contributed by atoms with Gasteiger partial charge in [-0.25, -0.2) is 0 Å². The van der Waals surface area contributed by atoms with Crippen LogP contribution in [-0.4, -0.2) is 0 Å². The van der Waals surface area contributed by atoms with Crippen LogP contribution >= 0.6 is 0 Å².